The number of likely N-dealkylation sites (tertiary alicyclic amines) is 1. The topological polar surface area (TPSA) is 189 Å². The number of cyclic esters (lactones) is 1. The number of nitrogens with zero attached hydrogens (tertiary/aromatic N) is 2. The fourth-order valence-corrected chi connectivity index (χ4v) is 5.97. The number of methoxy groups -OCH3 is 1. The van der Waals surface area contributed by atoms with Gasteiger partial charge in [-0.2, -0.15) is 0 Å². The maximum atomic E-state index is 12.9. The molecule has 0 radical (unpaired) electrons. The number of carbonyl (C=O) groups is 3. The summed E-state index contributed by atoms with van der Waals surface area (Å²) in [4.78, 5) is 49.8. The molecule has 266 valence electrons. The van der Waals surface area contributed by atoms with E-state index in [0.29, 0.717) is 11.1 Å². The van der Waals surface area contributed by atoms with E-state index in [0.717, 1.165) is 0 Å². The highest BCUT2D eigenvalue weighted by atomic mass is 16.6. The molecule has 0 aromatic carbocycles. The molecule has 2 heterocycles. The monoisotopic (exact) mass is 673 g/mol. The predicted octanol–water partition coefficient (Wildman–Crippen LogP) is 2.77. The van der Waals surface area contributed by atoms with Gasteiger partial charge in [-0.1, -0.05) is 68.5 Å². The van der Waals surface area contributed by atoms with Crippen LogP contribution in [0.2, 0.25) is 0 Å². The number of amides is 2. The molecule has 0 aliphatic carbocycles. The summed E-state index contributed by atoms with van der Waals surface area (Å²) >= 11 is 0. The summed E-state index contributed by atoms with van der Waals surface area (Å²) in [5.41, 5.74) is -3.39. The molecule has 0 unspecified atom stereocenters. The third-order valence-electron chi connectivity index (χ3n) is 9.70. The van der Waals surface area contributed by atoms with E-state index < -0.39 is 57.6 Å². The minimum atomic E-state index is -1.85. The largest absolute Gasteiger partial charge is 0.460 e. The van der Waals surface area contributed by atoms with E-state index in [9.17, 15) is 39.8 Å². The molecule has 0 saturated carbocycles. The van der Waals surface area contributed by atoms with Gasteiger partial charge >= 0.3 is 5.97 Å². The Labute approximate surface area is 282 Å². The summed E-state index contributed by atoms with van der Waals surface area (Å²) in [6, 6.07) is 0. The Bertz CT molecular complexity index is 1410. The second-order valence-corrected chi connectivity index (χ2v) is 13.1. The maximum Gasteiger partial charge on any atom is 0.338 e. The first-order valence-electron chi connectivity index (χ1n) is 15.8. The standard InChI is InChI=1S/C35H51N3O10/c1-22(26(5)38(45)46)16-12-10-13-17-23(2)29(40)33(6,7)31(42)36-19-15-11-14-18-27(39)24(3)20-28(47-9)35(44)25(4)30(41)37(8)34(35)21-48-32(34)43/h10-18,24-25,27-29,39-40,44H,19-21H2,1-9H3,(H,36,42)/b13-10+,15-11+,16-12+,18-14+,23-17+,26-22+/t24-,25-,27+,28+,29-,34+,35+/m0/s1. The Morgan fingerprint density at radius 3 is 2.38 bits per heavy atom. The van der Waals surface area contributed by atoms with Gasteiger partial charge in [0.25, 0.3) is 0 Å². The van der Waals surface area contributed by atoms with Gasteiger partial charge < -0.3 is 35.0 Å². The molecule has 2 rings (SSSR count). The molecule has 0 bridgehead atoms. The van der Waals surface area contributed by atoms with Gasteiger partial charge in [-0.25, -0.2) is 4.79 Å². The number of aliphatic hydroxyl groups is 3. The van der Waals surface area contributed by atoms with Crippen molar-refractivity contribution in [2.45, 2.75) is 84.3 Å². The van der Waals surface area contributed by atoms with E-state index >= 15 is 0 Å². The van der Waals surface area contributed by atoms with E-state index in [-0.39, 0.29) is 37.1 Å². The Kier molecular flexibility index (Phi) is 13.8. The van der Waals surface area contributed by atoms with Gasteiger partial charge in [0.05, 0.1) is 34.6 Å². The normalized spacial score (nSPS) is 26.7. The number of carbonyl (C=O) groups excluding carboxylic acids is 3. The molecule has 13 nitrogen and oxygen atoms in total. The van der Waals surface area contributed by atoms with Crippen LogP contribution in [0.15, 0.2) is 71.5 Å². The molecule has 1 spiro atoms. The molecule has 7 atom stereocenters. The van der Waals surface area contributed by atoms with Crippen LogP contribution in [-0.2, 0) is 23.9 Å². The lowest BCUT2D eigenvalue weighted by Crippen LogP contribution is -2.76. The van der Waals surface area contributed by atoms with E-state index in [1.165, 1.54) is 26.0 Å². The van der Waals surface area contributed by atoms with E-state index in [1.807, 2.05) is 0 Å². The number of esters is 1. The first kappa shape index (κ1) is 40.3. The highest BCUT2D eigenvalue weighted by molar-refractivity contribution is 5.99. The number of allylic oxidation sites excluding steroid dienone is 9. The summed E-state index contributed by atoms with van der Waals surface area (Å²) in [6.45, 7) is 11.4. The summed E-state index contributed by atoms with van der Waals surface area (Å²) in [6.07, 6.45) is 12.0. The molecule has 2 saturated heterocycles. The van der Waals surface area contributed by atoms with Crippen molar-refractivity contribution in [3.63, 3.8) is 0 Å². The van der Waals surface area contributed by atoms with Gasteiger partial charge in [0.2, 0.25) is 23.1 Å². The highest BCUT2D eigenvalue weighted by Crippen LogP contribution is 2.51. The SMILES string of the molecule is CO[C@H](C[C@H](C)[C@H](O)/C=C/C=C/CNC(=O)C(C)(C)[C@@H](O)/C(C)=C/C=C/C=C/C(C)=C(\C)[N+](=O)[O-])[C@]1(O)[C@@H](C)C(=O)N(C)[C@@]12COC2=O. The van der Waals surface area contributed by atoms with Crippen LogP contribution >= 0.6 is 0 Å². The Balaban J connectivity index is 1.92. The number of rotatable bonds is 16. The lowest BCUT2D eigenvalue weighted by molar-refractivity contribution is -0.425. The number of likely N-dealkylation sites (N-methyl/N-ethyl adjacent to an activating group) is 1. The highest BCUT2D eigenvalue weighted by Gasteiger charge is 2.77. The fraction of sp³-hybridized carbons (Fsp3) is 0.571. The van der Waals surface area contributed by atoms with Crippen molar-refractivity contribution in [3.05, 3.63) is 81.6 Å². The average Bonchev–Trinajstić information content (AvgIpc) is 3.20. The fourth-order valence-electron chi connectivity index (χ4n) is 5.97. The van der Waals surface area contributed by atoms with Gasteiger partial charge in [0.15, 0.2) is 0 Å². The number of hydrogen-bond acceptors (Lipinski definition) is 10. The minimum Gasteiger partial charge on any atom is -0.460 e. The maximum absolute atomic E-state index is 12.9. The van der Waals surface area contributed by atoms with Crippen molar-refractivity contribution in [2.24, 2.45) is 17.3 Å². The quantitative estimate of drug-likeness (QED) is 0.0821. The lowest BCUT2D eigenvalue weighted by Gasteiger charge is -2.51. The van der Waals surface area contributed by atoms with Crippen LogP contribution in [0.5, 0.6) is 0 Å². The average molecular weight is 674 g/mol. The van der Waals surface area contributed by atoms with Crippen LogP contribution in [0, 0.1) is 27.4 Å². The third kappa shape index (κ3) is 8.03. The molecule has 2 fully saturated rings. The van der Waals surface area contributed by atoms with Crippen molar-refractivity contribution >= 4 is 17.8 Å². The van der Waals surface area contributed by atoms with Gasteiger partial charge in [-0.15, -0.1) is 0 Å². The molecule has 0 aromatic rings. The molecule has 2 amide bonds. The summed E-state index contributed by atoms with van der Waals surface area (Å²) in [5, 5.41) is 47.0. The Morgan fingerprint density at radius 1 is 1.19 bits per heavy atom. The molecular formula is C35H51N3O10. The van der Waals surface area contributed by atoms with Crippen LogP contribution in [0.3, 0.4) is 0 Å². The molecule has 0 aromatic heterocycles. The van der Waals surface area contributed by atoms with Crippen molar-refractivity contribution in [2.75, 3.05) is 27.3 Å². The van der Waals surface area contributed by atoms with Gasteiger partial charge in [0.1, 0.15) is 12.2 Å². The summed E-state index contributed by atoms with van der Waals surface area (Å²) < 4.78 is 10.6. The van der Waals surface area contributed by atoms with E-state index in [1.54, 1.807) is 96.2 Å². The number of aliphatic hydroxyl groups excluding tert-OH is 2. The second-order valence-electron chi connectivity index (χ2n) is 13.1. The van der Waals surface area contributed by atoms with Crippen LogP contribution in [0.25, 0.3) is 0 Å². The summed E-state index contributed by atoms with van der Waals surface area (Å²) in [5.74, 6) is -2.79. The number of nitrogens with one attached hydrogen (secondary N) is 1. The molecule has 13 heteroatoms. The number of ether oxygens (including phenoxy) is 2. The van der Waals surface area contributed by atoms with E-state index in [2.05, 4.69) is 5.32 Å². The zero-order chi connectivity index (χ0) is 36.6. The van der Waals surface area contributed by atoms with Gasteiger partial charge in [0, 0.05) is 33.2 Å². The van der Waals surface area contributed by atoms with Crippen molar-refractivity contribution in [1.82, 2.24) is 10.2 Å². The Hall–Kier alpha value is -3.91. The molecular weight excluding hydrogens is 622 g/mol. The third-order valence-corrected chi connectivity index (χ3v) is 9.70. The van der Waals surface area contributed by atoms with Crippen LogP contribution in [0.4, 0.5) is 0 Å². The smallest absolute Gasteiger partial charge is 0.338 e. The first-order valence-corrected chi connectivity index (χ1v) is 15.8. The first-order chi connectivity index (χ1) is 22.3. The second kappa shape index (κ2) is 16.5. The van der Waals surface area contributed by atoms with Crippen molar-refractivity contribution in [1.29, 1.82) is 0 Å². The summed E-state index contributed by atoms with van der Waals surface area (Å²) in [7, 11) is 2.86. The number of hydrogen-bond donors (Lipinski definition) is 4. The molecule has 4 N–H and O–H groups in total. The van der Waals surface area contributed by atoms with E-state index in [4.69, 9.17) is 9.47 Å². The van der Waals surface area contributed by atoms with Crippen LogP contribution in [-0.4, -0.2) is 99.7 Å². The number of nitro groups is 1. The molecule has 2 aliphatic rings. The van der Waals surface area contributed by atoms with Crippen molar-refractivity contribution < 1.29 is 44.1 Å². The zero-order valence-electron chi connectivity index (χ0n) is 29.3. The lowest BCUT2D eigenvalue weighted by atomic mass is 9.68. The zero-order valence-corrected chi connectivity index (χ0v) is 29.3. The van der Waals surface area contributed by atoms with Crippen molar-refractivity contribution in [3.8, 4) is 0 Å². The predicted molar refractivity (Wildman–Crippen MR) is 180 cm³/mol. The molecule has 48 heavy (non-hydrogen) atoms. The van der Waals surface area contributed by atoms with Crippen LogP contribution in [0.1, 0.15) is 54.9 Å². The Morgan fingerprint density at radius 2 is 1.83 bits per heavy atom. The van der Waals surface area contributed by atoms with Crippen LogP contribution < -0.4 is 5.32 Å². The minimum absolute atomic E-state index is 0.0569. The van der Waals surface area contributed by atoms with Gasteiger partial charge in [-0.3, -0.25) is 19.7 Å². The van der Waals surface area contributed by atoms with Gasteiger partial charge in [-0.05, 0) is 45.6 Å². The molecule has 2 aliphatic heterocycles.